The summed E-state index contributed by atoms with van der Waals surface area (Å²) in [5, 5.41) is 10.7. The summed E-state index contributed by atoms with van der Waals surface area (Å²) in [5.41, 5.74) is 6.24. The van der Waals surface area contributed by atoms with Gasteiger partial charge in [-0.05, 0) is 28.9 Å². The third-order valence-electron chi connectivity index (χ3n) is 3.52. The first kappa shape index (κ1) is 17.6. The lowest BCUT2D eigenvalue weighted by molar-refractivity contribution is 0.0519. The van der Waals surface area contributed by atoms with Gasteiger partial charge in [0.05, 0.1) is 16.5 Å². The van der Waals surface area contributed by atoms with Crippen molar-refractivity contribution in [3.05, 3.63) is 38.5 Å². The Balaban J connectivity index is 2.11. The molecular formula is C15H14BrN7O3. The number of aromatic nitrogens is 4. The molecule has 26 heavy (non-hydrogen) atoms. The number of ether oxygens (including phenoxy) is 1. The number of H-pyrrole nitrogens is 2. The van der Waals surface area contributed by atoms with Crippen molar-refractivity contribution >= 4 is 56.5 Å². The Morgan fingerprint density at radius 3 is 2.92 bits per heavy atom. The Bertz CT molecular complexity index is 1070. The number of carbonyl (C=O) groups is 1. The summed E-state index contributed by atoms with van der Waals surface area (Å²) in [7, 11) is 0. The zero-order chi connectivity index (χ0) is 18.8. The highest BCUT2D eigenvalue weighted by Crippen LogP contribution is 2.32. The lowest BCUT2D eigenvalue weighted by Gasteiger charge is -2.08. The number of hydrogen-bond donors (Lipinski definition) is 5. The maximum absolute atomic E-state index is 12.1. The van der Waals surface area contributed by atoms with E-state index in [1.807, 2.05) is 0 Å². The van der Waals surface area contributed by atoms with E-state index >= 15 is 0 Å². The van der Waals surface area contributed by atoms with Crippen LogP contribution >= 0.6 is 15.9 Å². The van der Waals surface area contributed by atoms with Gasteiger partial charge in [-0.1, -0.05) is 0 Å². The zero-order valence-corrected chi connectivity index (χ0v) is 15.1. The highest BCUT2D eigenvalue weighted by molar-refractivity contribution is 9.10. The van der Waals surface area contributed by atoms with Gasteiger partial charge in [-0.25, -0.2) is 14.8 Å². The summed E-state index contributed by atoms with van der Waals surface area (Å²) in [5.74, 6) is -0.157. The molecule has 0 aliphatic heterocycles. The summed E-state index contributed by atoms with van der Waals surface area (Å²) in [4.78, 5) is 37.7. The van der Waals surface area contributed by atoms with Crippen LogP contribution in [0.2, 0.25) is 0 Å². The number of carbonyl (C=O) groups excluding carboxylic acids is 1. The molecule has 3 heterocycles. The van der Waals surface area contributed by atoms with Gasteiger partial charge in [0.2, 0.25) is 0 Å². The maximum atomic E-state index is 12.1. The quantitative estimate of drug-likeness (QED) is 0.311. The summed E-state index contributed by atoms with van der Waals surface area (Å²) < 4.78 is 5.41. The van der Waals surface area contributed by atoms with Crippen molar-refractivity contribution in [3.8, 4) is 0 Å². The third-order valence-corrected chi connectivity index (χ3v) is 4.31. The third kappa shape index (κ3) is 3.04. The predicted octanol–water partition coefficient (Wildman–Crippen LogP) is 1.91. The molecule has 0 bridgehead atoms. The molecule has 0 atom stereocenters. The van der Waals surface area contributed by atoms with Crippen molar-refractivity contribution in [1.29, 1.82) is 5.41 Å². The van der Waals surface area contributed by atoms with Crippen molar-refractivity contribution in [3.63, 3.8) is 0 Å². The molecule has 134 valence electrons. The molecule has 0 unspecified atom stereocenters. The van der Waals surface area contributed by atoms with Crippen LogP contribution in [0.15, 0.2) is 21.7 Å². The van der Waals surface area contributed by atoms with Crippen molar-refractivity contribution in [2.45, 2.75) is 6.92 Å². The van der Waals surface area contributed by atoms with Crippen LogP contribution in [-0.4, -0.2) is 38.7 Å². The number of nitrogens with zero attached hydrogens (tertiary/aromatic N) is 2. The average molecular weight is 420 g/mol. The minimum Gasteiger partial charge on any atom is -0.461 e. The van der Waals surface area contributed by atoms with Crippen LogP contribution < -0.4 is 16.6 Å². The average Bonchev–Trinajstić information content (AvgIpc) is 2.95. The van der Waals surface area contributed by atoms with Crippen molar-refractivity contribution in [2.24, 2.45) is 0 Å². The number of fused-ring (bicyclic) bond motifs is 1. The monoisotopic (exact) mass is 419 g/mol. The van der Waals surface area contributed by atoms with E-state index in [1.54, 1.807) is 6.92 Å². The number of hydrogen-bond acceptors (Lipinski definition) is 8. The van der Waals surface area contributed by atoms with E-state index in [0.29, 0.717) is 26.9 Å². The number of rotatable bonds is 5. The fourth-order valence-electron chi connectivity index (χ4n) is 2.33. The van der Waals surface area contributed by atoms with Crippen molar-refractivity contribution in [1.82, 2.24) is 19.9 Å². The molecule has 10 nitrogen and oxygen atoms in total. The molecule has 0 aromatic carbocycles. The summed E-state index contributed by atoms with van der Waals surface area (Å²) in [6.07, 6.45) is 2.31. The first-order valence-electron chi connectivity index (χ1n) is 7.45. The molecule has 3 aromatic heterocycles. The standard InChI is InChI=1S/C15H14BrN7O3/c1-2-26-15(25)10-9(16)8-12(19-5-20-13(8)22-10)21-7-3-6(4-17)11(18)23-14(7)24/h3-5,17H,2H2,1H3,(H3,18,23,24)(H2,19,20,21,22). The smallest absolute Gasteiger partial charge is 0.355 e. The second-order valence-electron chi connectivity index (χ2n) is 5.13. The van der Waals surface area contributed by atoms with Crippen LogP contribution in [0.3, 0.4) is 0 Å². The van der Waals surface area contributed by atoms with Gasteiger partial charge in [0, 0.05) is 11.8 Å². The predicted molar refractivity (Wildman–Crippen MR) is 100 cm³/mol. The molecule has 0 saturated heterocycles. The first-order chi connectivity index (χ1) is 12.5. The first-order valence-corrected chi connectivity index (χ1v) is 8.25. The van der Waals surface area contributed by atoms with Gasteiger partial charge < -0.3 is 31.2 Å². The number of esters is 1. The lowest BCUT2D eigenvalue weighted by Crippen LogP contribution is -2.15. The van der Waals surface area contributed by atoms with Crippen molar-refractivity contribution in [2.75, 3.05) is 17.7 Å². The van der Waals surface area contributed by atoms with E-state index in [-0.39, 0.29) is 23.8 Å². The molecule has 11 heteroatoms. The highest BCUT2D eigenvalue weighted by atomic mass is 79.9. The molecule has 0 aliphatic rings. The summed E-state index contributed by atoms with van der Waals surface area (Å²) >= 11 is 3.35. The maximum Gasteiger partial charge on any atom is 0.355 e. The van der Waals surface area contributed by atoms with Gasteiger partial charge in [-0.3, -0.25) is 4.79 Å². The van der Waals surface area contributed by atoms with Gasteiger partial charge in [-0.15, -0.1) is 0 Å². The Morgan fingerprint density at radius 2 is 2.23 bits per heavy atom. The Labute approximate surface area is 154 Å². The highest BCUT2D eigenvalue weighted by Gasteiger charge is 2.21. The Kier molecular flexibility index (Phi) is 4.71. The van der Waals surface area contributed by atoms with Crippen molar-refractivity contribution < 1.29 is 9.53 Å². The van der Waals surface area contributed by atoms with Crippen LogP contribution in [0.5, 0.6) is 0 Å². The minimum absolute atomic E-state index is 0.0933. The van der Waals surface area contributed by atoms with Gasteiger partial charge in [0.25, 0.3) is 5.56 Å². The number of halogens is 1. The minimum atomic E-state index is -0.542. The van der Waals surface area contributed by atoms with Gasteiger partial charge in [0.1, 0.15) is 35.0 Å². The Hall–Kier alpha value is -3.21. The zero-order valence-electron chi connectivity index (χ0n) is 13.5. The largest absolute Gasteiger partial charge is 0.461 e. The second-order valence-corrected chi connectivity index (χ2v) is 5.92. The second kappa shape index (κ2) is 6.96. The van der Waals surface area contributed by atoms with Gasteiger partial charge in [0.15, 0.2) is 0 Å². The Morgan fingerprint density at radius 1 is 1.46 bits per heavy atom. The van der Waals surface area contributed by atoms with Crippen LogP contribution in [0, 0.1) is 5.41 Å². The topological polar surface area (TPSA) is 163 Å². The number of anilines is 3. The van der Waals surface area contributed by atoms with E-state index in [1.165, 1.54) is 12.4 Å². The van der Waals surface area contributed by atoms with Gasteiger partial charge in [-0.2, -0.15) is 0 Å². The number of aromatic amines is 2. The summed E-state index contributed by atoms with van der Waals surface area (Å²) in [6, 6.07) is 1.43. The van der Waals surface area contributed by atoms with Crippen LogP contribution in [0.25, 0.3) is 11.0 Å². The molecule has 0 aliphatic carbocycles. The van der Waals surface area contributed by atoms with E-state index in [0.717, 1.165) is 6.21 Å². The summed E-state index contributed by atoms with van der Waals surface area (Å²) in [6.45, 7) is 1.93. The SMILES string of the molecule is CCOC(=O)c1[nH]c2ncnc(Nc3cc(C=N)c(N)[nH]c3=O)c2c1Br. The molecule has 3 aromatic rings. The number of pyridine rings is 1. The van der Waals surface area contributed by atoms with E-state index in [2.05, 4.69) is 41.2 Å². The molecule has 0 saturated carbocycles. The van der Waals surface area contributed by atoms with E-state index < -0.39 is 11.5 Å². The van der Waals surface area contributed by atoms with Crippen LogP contribution in [0.1, 0.15) is 23.0 Å². The van der Waals surface area contributed by atoms with E-state index in [9.17, 15) is 9.59 Å². The molecule has 0 amide bonds. The molecule has 6 N–H and O–H groups in total. The van der Waals surface area contributed by atoms with E-state index in [4.69, 9.17) is 15.9 Å². The van der Waals surface area contributed by atoms with Crippen LogP contribution in [0.4, 0.5) is 17.3 Å². The number of nitrogens with two attached hydrogens (primary N) is 1. The van der Waals surface area contributed by atoms with Crippen LogP contribution in [-0.2, 0) is 4.74 Å². The molecule has 3 rings (SSSR count). The normalized spacial score (nSPS) is 10.7. The molecule has 0 radical (unpaired) electrons. The molecule has 0 spiro atoms. The number of nitrogen functional groups attached to an aromatic ring is 1. The molecule has 0 fully saturated rings. The molecular weight excluding hydrogens is 406 g/mol. The fraction of sp³-hybridized carbons (Fsp3) is 0.133. The lowest BCUT2D eigenvalue weighted by atomic mass is 10.2. The number of nitrogens with one attached hydrogen (secondary N) is 4. The fourth-order valence-corrected chi connectivity index (χ4v) is 2.96. The van der Waals surface area contributed by atoms with Gasteiger partial charge >= 0.3 is 5.97 Å².